The summed E-state index contributed by atoms with van der Waals surface area (Å²) in [7, 11) is 0. The van der Waals surface area contributed by atoms with Gasteiger partial charge < -0.3 is 15.2 Å². The zero-order chi connectivity index (χ0) is 15.0. The molecule has 1 heterocycles. The highest BCUT2D eigenvalue weighted by atomic mass is 19.4. The highest BCUT2D eigenvalue weighted by Gasteiger charge is 2.26. The van der Waals surface area contributed by atoms with E-state index in [9.17, 15) is 13.2 Å². The molecule has 0 saturated heterocycles. The molecule has 1 aromatic heterocycles. The van der Waals surface area contributed by atoms with Crippen LogP contribution in [0.2, 0.25) is 0 Å². The van der Waals surface area contributed by atoms with Gasteiger partial charge in [0.15, 0.2) is 11.8 Å². The van der Waals surface area contributed by atoms with E-state index in [2.05, 4.69) is 25.8 Å². The van der Waals surface area contributed by atoms with Gasteiger partial charge in [-0.25, -0.2) is 4.99 Å². The van der Waals surface area contributed by atoms with Crippen LogP contribution >= 0.6 is 0 Å². The molecule has 6 nitrogen and oxygen atoms in total. The molecule has 0 fully saturated rings. The fourth-order valence-electron chi connectivity index (χ4n) is 1.48. The zero-order valence-corrected chi connectivity index (χ0v) is 11.5. The summed E-state index contributed by atoms with van der Waals surface area (Å²) in [6, 6.07) is 0. The highest BCUT2D eigenvalue weighted by molar-refractivity contribution is 5.79. The van der Waals surface area contributed by atoms with E-state index in [1.165, 1.54) is 0 Å². The first-order valence-electron chi connectivity index (χ1n) is 6.42. The Bertz CT molecular complexity index is 426. The Kier molecular flexibility index (Phi) is 6.26. The van der Waals surface area contributed by atoms with Crippen molar-refractivity contribution in [3.8, 4) is 0 Å². The number of nitrogens with one attached hydrogen (secondary N) is 2. The first-order chi connectivity index (χ1) is 9.46. The molecular formula is C11H19F3N6. The van der Waals surface area contributed by atoms with Gasteiger partial charge in [0.2, 0.25) is 0 Å². The van der Waals surface area contributed by atoms with Crippen molar-refractivity contribution in [3.63, 3.8) is 0 Å². The van der Waals surface area contributed by atoms with Crippen molar-refractivity contribution in [3.05, 3.63) is 12.2 Å². The van der Waals surface area contributed by atoms with Gasteiger partial charge in [-0.1, -0.05) is 0 Å². The SMILES string of the molecule is CCNC(=NCc1nncn1CC)NCCC(F)(F)F. The molecule has 0 spiro atoms. The summed E-state index contributed by atoms with van der Waals surface area (Å²) >= 11 is 0. The predicted molar refractivity (Wildman–Crippen MR) is 69.2 cm³/mol. The summed E-state index contributed by atoms with van der Waals surface area (Å²) in [5, 5.41) is 13.2. The van der Waals surface area contributed by atoms with Crippen LogP contribution in [0.25, 0.3) is 0 Å². The van der Waals surface area contributed by atoms with Gasteiger partial charge in [0.25, 0.3) is 0 Å². The minimum absolute atomic E-state index is 0.212. The lowest BCUT2D eigenvalue weighted by Gasteiger charge is -2.12. The van der Waals surface area contributed by atoms with E-state index in [0.717, 1.165) is 6.54 Å². The monoisotopic (exact) mass is 292 g/mol. The molecule has 1 aromatic rings. The van der Waals surface area contributed by atoms with Gasteiger partial charge in [-0.15, -0.1) is 10.2 Å². The third kappa shape index (κ3) is 5.89. The topological polar surface area (TPSA) is 67.1 Å². The standard InChI is InChI=1S/C11H19F3N6/c1-3-15-10(16-6-5-11(12,13)14)17-7-9-19-18-8-20(9)4-2/h8H,3-7H2,1-2H3,(H2,15,16,17). The molecule has 20 heavy (non-hydrogen) atoms. The molecule has 0 bridgehead atoms. The fourth-order valence-corrected chi connectivity index (χ4v) is 1.48. The lowest BCUT2D eigenvalue weighted by atomic mass is 10.4. The van der Waals surface area contributed by atoms with Crippen LogP contribution in [-0.4, -0.2) is 40.0 Å². The lowest BCUT2D eigenvalue weighted by Crippen LogP contribution is -2.39. The average Bonchev–Trinajstić information content (AvgIpc) is 2.81. The third-order valence-corrected chi connectivity index (χ3v) is 2.46. The molecular weight excluding hydrogens is 273 g/mol. The maximum atomic E-state index is 12.1. The van der Waals surface area contributed by atoms with Crippen LogP contribution in [0.4, 0.5) is 13.2 Å². The van der Waals surface area contributed by atoms with Crippen LogP contribution in [0.3, 0.4) is 0 Å². The van der Waals surface area contributed by atoms with Crippen molar-refractivity contribution >= 4 is 5.96 Å². The van der Waals surface area contributed by atoms with E-state index in [1.807, 2.05) is 18.4 Å². The number of nitrogens with zero attached hydrogens (tertiary/aromatic N) is 4. The van der Waals surface area contributed by atoms with Crippen LogP contribution in [0.1, 0.15) is 26.1 Å². The number of aromatic nitrogens is 3. The zero-order valence-electron chi connectivity index (χ0n) is 11.5. The Morgan fingerprint density at radius 2 is 2.10 bits per heavy atom. The van der Waals surface area contributed by atoms with E-state index >= 15 is 0 Å². The maximum Gasteiger partial charge on any atom is 0.390 e. The number of rotatable bonds is 6. The normalized spacial score (nSPS) is 12.6. The van der Waals surface area contributed by atoms with Crippen molar-refractivity contribution in [2.24, 2.45) is 4.99 Å². The Morgan fingerprint density at radius 3 is 2.70 bits per heavy atom. The third-order valence-electron chi connectivity index (χ3n) is 2.46. The smallest absolute Gasteiger partial charge is 0.357 e. The summed E-state index contributed by atoms with van der Waals surface area (Å²) < 4.78 is 38.1. The van der Waals surface area contributed by atoms with Crippen molar-refractivity contribution in [2.45, 2.75) is 39.5 Å². The first kappa shape index (κ1) is 16.3. The molecule has 0 aliphatic carbocycles. The molecule has 0 aromatic carbocycles. The molecule has 1 rings (SSSR count). The van der Waals surface area contributed by atoms with Crippen molar-refractivity contribution in [1.82, 2.24) is 25.4 Å². The molecule has 0 amide bonds. The number of guanidine groups is 1. The van der Waals surface area contributed by atoms with Crippen molar-refractivity contribution in [2.75, 3.05) is 13.1 Å². The van der Waals surface area contributed by atoms with Gasteiger partial charge in [0.1, 0.15) is 12.9 Å². The van der Waals surface area contributed by atoms with Crippen LogP contribution in [0.15, 0.2) is 11.3 Å². The summed E-state index contributed by atoms with van der Waals surface area (Å²) in [6.07, 6.45) is -3.48. The van der Waals surface area contributed by atoms with Gasteiger partial charge in [-0.05, 0) is 13.8 Å². The number of aryl methyl sites for hydroxylation is 1. The van der Waals surface area contributed by atoms with Gasteiger partial charge >= 0.3 is 6.18 Å². The molecule has 114 valence electrons. The Balaban J connectivity index is 2.54. The lowest BCUT2D eigenvalue weighted by molar-refractivity contribution is -0.132. The van der Waals surface area contributed by atoms with Gasteiger partial charge in [-0.3, -0.25) is 0 Å². The molecule has 0 aliphatic rings. The number of hydrogen-bond donors (Lipinski definition) is 2. The summed E-state index contributed by atoms with van der Waals surface area (Å²) in [5.74, 6) is 1.00. The second-order valence-corrected chi connectivity index (χ2v) is 4.02. The van der Waals surface area contributed by atoms with E-state index in [4.69, 9.17) is 0 Å². The second kappa shape index (κ2) is 7.71. The van der Waals surface area contributed by atoms with Crippen molar-refractivity contribution < 1.29 is 13.2 Å². The quantitative estimate of drug-likeness (QED) is 0.613. The number of alkyl halides is 3. The molecule has 0 saturated carbocycles. The predicted octanol–water partition coefficient (Wildman–Crippen LogP) is 1.31. The second-order valence-electron chi connectivity index (χ2n) is 4.02. The van der Waals surface area contributed by atoms with E-state index in [1.54, 1.807) is 6.33 Å². The largest absolute Gasteiger partial charge is 0.390 e. The summed E-state index contributed by atoms with van der Waals surface area (Å²) in [5.41, 5.74) is 0. The molecule has 0 aliphatic heterocycles. The Morgan fingerprint density at radius 1 is 1.35 bits per heavy atom. The van der Waals surface area contributed by atoms with Gasteiger partial charge in [-0.2, -0.15) is 13.2 Å². The van der Waals surface area contributed by atoms with Crippen LogP contribution in [0.5, 0.6) is 0 Å². The number of aliphatic imine (C=N–C) groups is 1. The van der Waals surface area contributed by atoms with Gasteiger partial charge in [0, 0.05) is 19.6 Å². The molecule has 0 unspecified atom stereocenters. The molecule has 0 radical (unpaired) electrons. The average molecular weight is 292 g/mol. The maximum absolute atomic E-state index is 12.1. The van der Waals surface area contributed by atoms with E-state index in [-0.39, 0.29) is 13.1 Å². The minimum Gasteiger partial charge on any atom is -0.357 e. The fraction of sp³-hybridized carbons (Fsp3) is 0.727. The molecule has 2 N–H and O–H groups in total. The molecule has 9 heteroatoms. The van der Waals surface area contributed by atoms with E-state index < -0.39 is 12.6 Å². The van der Waals surface area contributed by atoms with Crippen LogP contribution in [0, 0.1) is 0 Å². The molecule has 0 atom stereocenters. The van der Waals surface area contributed by atoms with Crippen LogP contribution < -0.4 is 10.6 Å². The van der Waals surface area contributed by atoms with Crippen molar-refractivity contribution in [1.29, 1.82) is 0 Å². The first-order valence-corrected chi connectivity index (χ1v) is 6.42. The Hall–Kier alpha value is -1.80. The summed E-state index contributed by atoms with van der Waals surface area (Å²) in [6.45, 7) is 5.12. The summed E-state index contributed by atoms with van der Waals surface area (Å²) in [4.78, 5) is 4.19. The highest BCUT2D eigenvalue weighted by Crippen LogP contribution is 2.18. The van der Waals surface area contributed by atoms with Crippen LogP contribution in [-0.2, 0) is 13.1 Å². The van der Waals surface area contributed by atoms with Gasteiger partial charge in [0.05, 0.1) is 6.42 Å². The van der Waals surface area contributed by atoms with E-state index in [0.29, 0.717) is 18.3 Å². The Labute approximate surface area is 115 Å². The number of halogens is 3. The number of hydrogen-bond acceptors (Lipinski definition) is 3. The minimum atomic E-state index is -4.17.